The summed E-state index contributed by atoms with van der Waals surface area (Å²) >= 11 is 7.46. The van der Waals surface area contributed by atoms with Crippen LogP contribution in [0.25, 0.3) is 0 Å². The highest BCUT2D eigenvalue weighted by molar-refractivity contribution is 7.99. The number of hydrogen-bond acceptors (Lipinski definition) is 2. The van der Waals surface area contributed by atoms with Gasteiger partial charge in [-0.05, 0) is 48.2 Å². The summed E-state index contributed by atoms with van der Waals surface area (Å²) in [5.74, 6) is 0.378. The highest BCUT2D eigenvalue weighted by Gasteiger charge is 2.21. The average Bonchev–Trinajstić information content (AvgIpc) is 2.35. The Labute approximate surface area is 130 Å². The van der Waals surface area contributed by atoms with E-state index in [2.05, 4.69) is 33.8 Å². The normalized spacial score (nSPS) is 11.7. The van der Waals surface area contributed by atoms with E-state index < -0.39 is 0 Å². The molecule has 3 heteroatoms. The van der Waals surface area contributed by atoms with E-state index in [4.69, 9.17) is 11.6 Å². The molecule has 0 aliphatic carbocycles. The molecule has 0 aliphatic heterocycles. The fourth-order valence-corrected chi connectivity index (χ4v) is 3.13. The number of phenols is 1. The van der Waals surface area contributed by atoms with Crippen molar-refractivity contribution < 1.29 is 5.11 Å². The summed E-state index contributed by atoms with van der Waals surface area (Å²) < 4.78 is 0. The molecule has 0 spiro atoms. The van der Waals surface area contributed by atoms with Crippen molar-refractivity contribution in [1.82, 2.24) is 0 Å². The fraction of sp³-hybridized carbons (Fsp3) is 0.294. The Morgan fingerprint density at radius 2 is 1.65 bits per heavy atom. The summed E-state index contributed by atoms with van der Waals surface area (Å²) in [4.78, 5) is 1.95. The first kappa shape index (κ1) is 15.3. The van der Waals surface area contributed by atoms with Crippen LogP contribution in [0.2, 0.25) is 5.02 Å². The van der Waals surface area contributed by atoms with Crippen molar-refractivity contribution in [3.63, 3.8) is 0 Å². The molecule has 0 saturated heterocycles. The number of hydrogen-bond donors (Lipinski definition) is 1. The lowest BCUT2D eigenvalue weighted by atomic mass is 9.85. The zero-order valence-electron chi connectivity index (χ0n) is 12.2. The molecule has 0 radical (unpaired) electrons. The second-order valence-corrected chi connectivity index (χ2v) is 7.52. The number of halogens is 1. The fourth-order valence-electron chi connectivity index (χ4n) is 2.02. The van der Waals surface area contributed by atoms with Gasteiger partial charge in [0, 0.05) is 15.5 Å². The second-order valence-electron chi connectivity index (χ2n) is 5.97. The van der Waals surface area contributed by atoms with Crippen LogP contribution < -0.4 is 0 Å². The minimum absolute atomic E-state index is 0.0780. The molecule has 0 aromatic heterocycles. The van der Waals surface area contributed by atoms with E-state index in [-0.39, 0.29) is 5.41 Å². The Kier molecular flexibility index (Phi) is 4.36. The molecule has 0 unspecified atom stereocenters. The molecule has 2 aromatic carbocycles. The maximum Gasteiger partial charge on any atom is 0.133 e. The maximum absolute atomic E-state index is 10.5. The summed E-state index contributed by atoms with van der Waals surface area (Å²) in [6.45, 7) is 8.38. The smallest absolute Gasteiger partial charge is 0.133 e. The molecule has 0 bridgehead atoms. The molecule has 0 atom stereocenters. The Balaban J connectivity index is 2.42. The standard InChI is InChI=1S/C17H19ClOS/c1-11-9-14(17(2,3)4)16(19)15(10-11)20-13-7-5-12(18)6-8-13/h5-10,19H,1-4H3. The zero-order valence-corrected chi connectivity index (χ0v) is 13.8. The molecule has 0 saturated carbocycles. The minimum atomic E-state index is -0.0780. The van der Waals surface area contributed by atoms with Crippen LogP contribution in [0.1, 0.15) is 31.9 Å². The number of aryl methyl sites for hydroxylation is 1. The van der Waals surface area contributed by atoms with Crippen LogP contribution in [0.5, 0.6) is 5.75 Å². The van der Waals surface area contributed by atoms with Crippen molar-refractivity contribution in [2.45, 2.75) is 42.9 Å². The van der Waals surface area contributed by atoms with Crippen LogP contribution in [0.15, 0.2) is 46.2 Å². The Hall–Kier alpha value is -1.12. The molecule has 2 rings (SSSR count). The zero-order chi connectivity index (χ0) is 14.9. The monoisotopic (exact) mass is 306 g/mol. The van der Waals surface area contributed by atoms with Gasteiger partial charge in [-0.25, -0.2) is 0 Å². The van der Waals surface area contributed by atoms with Crippen LogP contribution in [-0.2, 0) is 5.41 Å². The maximum atomic E-state index is 10.5. The van der Waals surface area contributed by atoms with Gasteiger partial charge in [-0.3, -0.25) is 0 Å². The molecule has 0 fully saturated rings. The third kappa shape index (κ3) is 3.50. The highest BCUT2D eigenvalue weighted by Crippen LogP contribution is 2.41. The number of phenolic OH excluding ortho intramolecular Hbond substituents is 1. The van der Waals surface area contributed by atoms with Crippen molar-refractivity contribution in [2.24, 2.45) is 0 Å². The number of benzene rings is 2. The van der Waals surface area contributed by atoms with Gasteiger partial charge >= 0.3 is 0 Å². The van der Waals surface area contributed by atoms with E-state index in [9.17, 15) is 5.11 Å². The van der Waals surface area contributed by atoms with Crippen molar-refractivity contribution in [2.75, 3.05) is 0 Å². The molecule has 1 nitrogen and oxygen atoms in total. The van der Waals surface area contributed by atoms with Gasteiger partial charge in [-0.1, -0.05) is 50.2 Å². The molecular formula is C17H19ClOS. The predicted molar refractivity (Wildman–Crippen MR) is 87.1 cm³/mol. The van der Waals surface area contributed by atoms with Crippen molar-refractivity contribution in [3.05, 3.63) is 52.5 Å². The Morgan fingerprint density at radius 1 is 1.05 bits per heavy atom. The van der Waals surface area contributed by atoms with Gasteiger partial charge in [0.15, 0.2) is 0 Å². The van der Waals surface area contributed by atoms with Gasteiger partial charge in [0.05, 0.1) is 4.90 Å². The Morgan fingerprint density at radius 3 is 2.20 bits per heavy atom. The van der Waals surface area contributed by atoms with E-state index in [1.165, 1.54) is 0 Å². The molecule has 0 aliphatic rings. The van der Waals surface area contributed by atoms with Crippen LogP contribution in [0.3, 0.4) is 0 Å². The van der Waals surface area contributed by atoms with Gasteiger partial charge in [0.25, 0.3) is 0 Å². The van der Waals surface area contributed by atoms with Gasteiger partial charge in [0.2, 0.25) is 0 Å². The third-order valence-electron chi connectivity index (χ3n) is 3.07. The lowest BCUT2D eigenvalue weighted by Gasteiger charge is -2.22. The first-order valence-electron chi connectivity index (χ1n) is 6.55. The lowest BCUT2D eigenvalue weighted by Crippen LogP contribution is -2.11. The second kappa shape index (κ2) is 5.71. The third-order valence-corrected chi connectivity index (χ3v) is 4.36. The number of rotatable bonds is 2. The topological polar surface area (TPSA) is 20.2 Å². The van der Waals surface area contributed by atoms with E-state index in [1.54, 1.807) is 11.8 Å². The quantitative estimate of drug-likeness (QED) is 0.756. The van der Waals surface area contributed by atoms with E-state index in [1.807, 2.05) is 30.3 Å². The molecule has 0 amide bonds. The number of aromatic hydroxyl groups is 1. The average molecular weight is 307 g/mol. The molecular weight excluding hydrogens is 288 g/mol. The van der Waals surface area contributed by atoms with Crippen molar-refractivity contribution in [3.8, 4) is 5.75 Å². The summed E-state index contributed by atoms with van der Waals surface area (Å²) in [6.07, 6.45) is 0. The van der Waals surface area contributed by atoms with Gasteiger partial charge in [-0.2, -0.15) is 0 Å². The summed E-state index contributed by atoms with van der Waals surface area (Å²) in [5.41, 5.74) is 2.06. The minimum Gasteiger partial charge on any atom is -0.506 e. The van der Waals surface area contributed by atoms with Gasteiger partial charge in [0.1, 0.15) is 5.75 Å². The lowest BCUT2D eigenvalue weighted by molar-refractivity contribution is 0.434. The van der Waals surface area contributed by atoms with Gasteiger partial charge < -0.3 is 5.11 Å². The van der Waals surface area contributed by atoms with Crippen LogP contribution in [0, 0.1) is 6.92 Å². The van der Waals surface area contributed by atoms with E-state index in [0.29, 0.717) is 5.75 Å². The SMILES string of the molecule is Cc1cc(Sc2ccc(Cl)cc2)c(O)c(C(C)(C)C)c1. The van der Waals surface area contributed by atoms with E-state index in [0.717, 1.165) is 25.9 Å². The van der Waals surface area contributed by atoms with Crippen LogP contribution in [-0.4, -0.2) is 5.11 Å². The van der Waals surface area contributed by atoms with Gasteiger partial charge in [-0.15, -0.1) is 0 Å². The van der Waals surface area contributed by atoms with Crippen LogP contribution in [0.4, 0.5) is 0 Å². The summed E-state index contributed by atoms with van der Waals surface area (Å²) in [7, 11) is 0. The molecule has 106 valence electrons. The van der Waals surface area contributed by atoms with Crippen molar-refractivity contribution >= 4 is 23.4 Å². The van der Waals surface area contributed by atoms with E-state index >= 15 is 0 Å². The first-order chi connectivity index (χ1) is 9.27. The first-order valence-corrected chi connectivity index (χ1v) is 7.74. The summed E-state index contributed by atoms with van der Waals surface area (Å²) in [5, 5.41) is 11.2. The van der Waals surface area contributed by atoms with Crippen LogP contribution >= 0.6 is 23.4 Å². The molecule has 1 N–H and O–H groups in total. The largest absolute Gasteiger partial charge is 0.506 e. The summed E-state index contributed by atoms with van der Waals surface area (Å²) in [6, 6.07) is 11.7. The predicted octanol–water partition coefficient (Wildman–Crippen LogP) is 5.80. The molecule has 0 heterocycles. The highest BCUT2D eigenvalue weighted by atomic mass is 35.5. The molecule has 2 aromatic rings. The molecule has 20 heavy (non-hydrogen) atoms. The Bertz CT molecular complexity index is 612. The van der Waals surface area contributed by atoms with Crippen molar-refractivity contribution in [1.29, 1.82) is 0 Å².